The highest BCUT2D eigenvalue weighted by Crippen LogP contribution is 2.31. The topological polar surface area (TPSA) is 39.4 Å². The Kier molecular flexibility index (Phi) is 6.48. The zero-order chi connectivity index (χ0) is 21.0. The highest BCUT2D eigenvalue weighted by atomic mass is 32.2. The molecule has 0 fully saturated rings. The van der Waals surface area contributed by atoms with Crippen LogP contribution < -0.4 is 4.74 Å². The van der Waals surface area contributed by atoms with Crippen molar-refractivity contribution in [3.63, 3.8) is 0 Å². The second-order valence-corrected chi connectivity index (χ2v) is 9.22. The minimum absolute atomic E-state index is 0.199. The Labute approximate surface area is 175 Å². The fourth-order valence-corrected chi connectivity index (χ4v) is 3.57. The molecule has 0 radical (unpaired) electrons. The molecule has 0 atom stereocenters. The second kappa shape index (κ2) is 8.87. The van der Waals surface area contributed by atoms with Crippen LogP contribution in [0.2, 0.25) is 0 Å². The molecule has 29 heavy (non-hydrogen) atoms. The van der Waals surface area contributed by atoms with Gasteiger partial charge in [-0.2, -0.15) is 0 Å². The smallest absolute Gasteiger partial charge is 0.169 e. The molecule has 3 rings (SSSR count). The number of carbonyl (C=O) groups excluding carboxylic acids is 1. The average Bonchev–Trinajstić information content (AvgIpc) is 3.07. The number of furan rings is 1. The Morgan fingerprint density at radius 1 is 1.10 bits per heavy atom. The van der Waals surface area contributed by atoms with Crippen LogP contribution in [0.15, 0.2) is 52.9 Å². The Balaban J connectivity index is 1.71. The van der Waals surface area contributed by atoms with Gasteiger partial charge in [-0.05, 0) is 39.8 Å². The summed E-state index contributed by atoms with van der Waals surface area (Å²) in [7, 11) is 0. The van der Waals surface area contributed by atoms with Gasteiger partial charge >= 0.3 is 0 Å². The van der Waals surface area contributed by atoms with E-state index in [0.29, 0.717) is 11.3 Å². The van der Waals surface area contributed by atoms with E-state index in [2.05, 4.69) is 0 Å². The second-order valence-electron chi connectivity index (χ2n) is 7.59. The maximum absolute atomic E-state index is 14.8. The molecule has 1 aromatic heterocycles. The number of rotatable bonds is 8. The highest BCUT2D eigenvalue weighted by Gasteiger charge is 2.19. The Hall–Kier alpha value is -2.53. The van der Waals surface area contributed by atoms with Gasteiger partial charge in [-0.1, -0.05) is 42.0 Å². The van der Waals surface area contributed by atoms with Crippen LogP contribution in [0, 0.1) is 19.7 Å². The predicted molar refractivity (Wildman–Crippen MR) is 116 cm³/mol. The summed E-state index contributed by atoms with van der Waals surface area (Å²) < 4.78 is 25.9. The van der Waals surface area contributed by atoms with Crippen LogP contribution in [0.3, 0.4) is 0 Å². The molecule has 0 saturated carbocycles. The first-order valence-corrected chi connectivity index (χ1v) is 10.4. The first-order chi connectivity index (χ1) is 13.8. The van der Waals surface area contributed by atoms with Crippen molar-refractivity contribution in [1.29, 1.82) is 0 Å². The number of ether oxygens (including phenoxy) is 1. The van der Waals surface area contributed by atoms with Crippen LogP contribution in [0.5, 0.6) is 5.75 Å². The lowest BCUT2D eigenvalue weighted by Crippen LogP contribution is -2.16. The molecule has 0 aliphatic rings. The van der Waals surface area contributed by atoms with Gasteiger partial charge in [0, 0.05) is 22.4 Å². The molecule has 1 heterocycles. The normalized spacial score (nSPS) is 11.5. The van der Waals surface area contributed by atoms with Crippen LogP contribution in [0.4, 0.5) is 4.39 Å². The monoisotopic (exact) mass is 412 g/mol. The number of carbonyl (C=O) groups is 1. The van der Waals surface area contributed by atoms with Gasteiger partial charge in [0.15, 0.2) is 11.6 Å². The van der Waals surface area contributed by atoms with Gasteiger partial charge in [0.25, 0.3) is 0 Å². The molecule has 0 saturated heterocycles. The Morgan fingerprint density at radius 2 is 1.83 bits per heavy atom. The van der Waals surface area contributed by atoms with Crippen molar-refractivity contribution < 1.29 is 18.3 Å². The summed E-state index contributed by atoms with van der Waals surface area (Å²) in [6, 6.07) is 15.1. The molecule has 5 heteroatoms. The number of aldehydes is 1. The average molecular weight is 413 g/mol. The van der Waals surface area contributed by atoms with Crippen molar-refractivity contribution in [2.24, 2.45) is 0 Å². The Bertz CT molecular complexity index is 990. The lowest BCUT2D eigenvalue weighted by Gasteiger charge is -2.17. The quantitative estimate of drug-likeness (QED) is 0.396. The first-order valence-electron chi connectivity index (χ1n) is 9.46. The molecule has 152 valence electrons. The van der Waals surface area contributed by atoms with Gasteiger partial charge in [0.05, 0.1) is 4.75 Å². The van der Waals surface area contributed by atoms with E-state index in [1.165, 1.54) is 17.3 Å². The van der Waals surface area contributed by atoms with E-state index in [1.54, 1.807) is 18.2 Å². The van der Waals surface area contributed by atoms with Gasteiger partial charge in [-0.15, -0.1) is 11.8 Å². The molecule has 0 aliphatic carbocycles. The third-order valence-electron chi connectivity index (χ3n) is 4.67. The van der Waals surface area contributed by atoms with E-state index in [4.69, 9.17) is 9.15 Å². The summed E-state index contributed by atoms with van der Waals surface area (Å²) in [5, 5.41) is 0. The van der Waals surface area contributed by atoms with Crippen molar-refractivity contribution in [2.45, 2.75) is 44.8 Å². The molecule has 0 spiro atoms. The summed E-state index contributed by atoms with van der Waals surface area (Å²) in [5.41, 5.74) is 3.58. The fraction of sp³-hybridized carbons (Fsp3) is 0.292. The predicted octanol–water partition coefficient (Wildman–Crippen LogP) is 6.49. The summed E-state index contributed by atoms with van der Waals surface area (Å²) in [4.78, 5) is 11.1. The maximum Gasteiger partial charge on any atom is 0.169 e. The zero-order valence-corrected chi connectivity index (χ0v) is 17.9. The molecule has 0 amide bonds. The molecule has 0 unspecified atom stereocenters. The maximum atomic E-state index is 14.8. The van der Waals surface area contributed by atoms with E-state index in [0.717, 1.165) is 28.9 Å². The number of aryl methyl sites for hydroxylation is 2. The molecular formula is C24H25FO3S. The van der Waals surface area contributed by atoms with Crippen molar-refractivity contribution in [3.8, 4) is 17.1 Å². The van der Waals surface area contributed by atoms with E-state index < -0.39 is 4.75 Å². The van der Waals surface area contributed by atoms with Crippen LogP contribution in [0.1, 0.15) is 36.3 Å². The zero-order valence-electron chi connectivity index (χ0n) is 17.1. The molecule has 3 nitrogen and oxygen atoms in total. The minimum Gasteiger partial charge on any atom is -0.486 e. The molecule has 2 aromatic carbocycles. The van der Waals surface area contributed by atoms with Gasteiger partial charge in [-0.25, -0.2) is 4.39 Å². The van der Waals surface area contributed by atoms with Crippen LogP contribution >= 0.6 is 11.8 Å². The van der Waals surface area contributed by atoms with Crippen LogP contribution in [-0.4, -0.2) is 11.0 Å². The standard InChI is InChI=1S/C24H25FO3S/c1-16-8-10-18(11-9-16)22-12-20(17(2)28-22)13-27-21-7-5-6-19(23(21)25)14-29-24(3,4)15-26/h5-12,15H,13-14H2,1-4H3. The molecule has 3 aromatic rings. The third kappa shape index (κ3) is 5.30. The van der Waals surface area contributed by atoms with Gasteiger partial charge in [-0.3, -0.25) is 0 Å². The number of halogens is 1. The fourth-order valence-electron chi connectivity index (χ4n) is 2.76. The molecular weight excluding hydrogens is 387 g/mol. The summed E-state index contributed by atoms with van der Waals surface area (Å²) in [5.74, 6) is 1.73. The van der Waals surface area contributed by atoms with E-state index >= 15 is 0 Å². The number of thioether (sulfide) groups is 1. The van der Waals surface area contributed by atoms with Crippen molar-refractivity contribution >= 4 is 18.0 Å². The van der Waals surface area contributed by atoms with Crippen molar-refractivity contribution in [3.05, 3.63) is 76.8 Å². The van der Waals surface area contributed by atoms with E-state index in [-0.39, 0.29) is 18.2 Å². The number of hydrogen-bond acceptors (Lipinski definition) is 4. The van der Waals surface area contributed by atoms with Gasteiger partial charge in [0.2, 0.25) is 0 Å². The van der Waals surface area contributed by atoms with Crippen molar-refractivity contribution in [2.75, 3.05) is 0 Å². The lowest BCUT2D eigenvalue weighted by atomic mass is 10.1. The molecule has 0 aliphatic heterocycles. The Morgan fingerprint density at radius 3 is 2.52 bits per heavy atom. The lowest BCUT2D eigenvalue weighted by molar-refractivity contribution is -0.109. The number of benzene rings is 2. The molecule has 0 bridgehead atoms. The number of hydrogen-bond donors (Lipinski definition) is 0. The van der Waals surface area contributed by atoms with Gasteiger partial charge in [0.1, 0.15) is 24.4 Å². The third-order valence-corrected chi connectivity index (χ3v) is 5.96. The SMILES string of the molecule is Cc1ccc(-c2cc(COc3cccc(CSC(C)(C)C=O)c3F)c(C)o2)cc1. The summed E-state index contributed by atoms with van der Waals surface area (Å²) in [6.07, 6.45) is 0.878. The van der Waals surface area contributed by atoms with Gasteiger partial charge < -0.3 is 13.9 Å². The molecule has 0 N–H and O–H groups in total. The first kappa shape index (κ1) is 21.2. The van der Waals surface area contributed by atoms with E-state index in [1.807, 2.05) is 58.0 Å². The van der Waals surface area contributed by atoms with Crippen molar-refractivity contribution in [1.82, 2.24) is 0 Å². The minimum atomic E-state index is -0.552. The van der Waals surface area contributed by atoms with Crippen LogP contribution in [-0.2, 0) is 17.2 Å². The summed E-state index contributed by atoms with van der Waals surface area (Å²) >= 11 is 1.39. The highest BCUT2D eigenvalue weighted by molar-refractivity contribution is 8.00. The summed E-state index contributed by atoms with van der Waals surface area (Å²) in [6.45, 7) is 7.76. The van der Waals surface area contributed by atoms with Crippen LogP contribution in [0.25, 0.3) is 11.3 Å². The van der Waals surface area contributed by atoms with E-state index in [9.17, 15) is 9.18 Å². The largest absolute Gasteiger partial charge is 0.486 e.